The van der Waals surface area contributed by atoms with Gasteiger partial charge in [0.25, 0.3) is 0 Å². The summed E-state index contributed by atoms with van der Waals surface area (Å²) in [6, 6.07) is 0.548. The van der Waals surface area contributed by atoms with Gasteiger partial charge in [-0.05, 0) is 25.7 Å². The van der Waals surface area contributed by atoms with Crippen molar-refractivity contribution in [2.24, 2.45) is 0 Å². The predicted molar refractivity (Wildman–Crippen MR) is 70.0 cm³/mol. The molecule has 3 heteroatoms. The van der Waals surface area contributed by atoms with Crippen molar-refractivity contribution in [1.82, 2.24) is 10.3 Å². The average Bonchev–Trinajstić information content (AvgIpc) is 2.57. The quantitative estimate of drug-likeness (QED) is 0.874. The lowest BCUT2D eigenvalue weighted by molar-refractivity contribution is 0.584. The van der Waals surface area contributed by atoms with Gasteiger partial charge in [0.2, 0.25) is 0 Å². The van der Waals surface area contributed by atoms with Gasteiger partial charge in [0.05, 0.1) is 5.69 Å². The lowest BCUT2D eigenvalue weighted by atomic mass is 10.0. The maximum absolute atomic E-state index is 4.78. The predicted octanol–water partition coefficient (Wildman–Crippen LogP) is 3.30. The van der Waals surface area contributed by atoms with Crippen LogP contribution in [0.3, 0.4) is 0 Å². The van der Waals surface area contributed by atoms with E-state index in [1.807, 2.05) is 11.3 Å². The van der Waals surface area contributed by atoms with Gasteiger partial charge in [0, 0.05) is 17.5 Å². The van der Waals surface area contributed by atoms with E-state index in [2.05, 4.69) is 19.2 Å². The monoisotopic (exact) mass is 238 g/mol. The van der Waals surface area contributed by atoms with Crippen LogP contribution in [0.5, 0.6) is 0 Å². The Morgan fingerprint density at radius 1 is 1.19 bits per heavy atom. The number of hydrogen-bond acceptors (Lipinski definition) is 3. The Morgan fingerprint density at radius 2 is 1.94 bits per heavy atom. The largest absolute Gasteiger partial charge is 0.308 e. The van der Waals surface area contributed by atoms with Gasteiger partial charge in [0.1, 0.15) is 5.01 Å². The van der Waals surface area contributed by atoms with E-state index in [1.165, 1.54) is 49.2 Å². The third-order valence-electron chi connectivity index (χ3n) is 3.05. The van der Waals surface area contributed by atoms with Crippen LogP contribution in [0.2, 0.25) is 0 Å². The Labute approximate surface area is 102 Å². The summed E-state index contributed by atoms with van der Waals surface area (Å²) < 4.78 is 0. The molecule has 0 atom stereocenters. The second-order valence-electron chi connectivity index (χ2n) is 4.93. The molecule has 1 heterocycles. The number of aromatic nitrogens is 1. The Bertz CT molecular complexity index is 305. The van der Waals surface area contributed by atoms with Crippen LogP contribution in [0.15, 0.2) is 0 Å². The number of nitrogens with one attached hydrogen (secondary N) is 1. The van der Waals surface area contributed by atoms with Gasteiger partial charge in [-0.1, -0.05) is 26.7 Å². The Morgan fingerprint density at radius 3 is 2.69 bits per heavy atom. The van der Waals surface area contributed by atoms with Gasteiger partial charge in [-0.25, -0.2) is 4.98 Å². The molecule has 1 aliphatic carbocycles. The number of nitrogens with zero attached hydrogens (tertiary/aromatic N) is 1. The normalized spacial score (nSPS) is 16.9. The van der Waals surface area contributed by atoms with Crippen LogP contribution >= 0.6 is 11.3 Å². The summed E-state index contributed by atoms with van der Waals surface area (Å²) in [5.74, 6) is 0. The fourth-order valence-electron chi connectivity index (χ4n) is 2.13. The lowest BCUT2D eigenvalue weighted by Crippen LogP contribution is -2.21. The molecule has 0 aromatic carbocycles. The first-order valence-corrected chi connectivity index (χ1v) is 7.28. The fourth-order valence-corrected chi connectivity index (χ4v) is 3.23. The minimum atomic E-state index is 0.548. The van der Waals surface area contributed by atoms with Gasteiger partial charge < -0.3 is 5.32 Å². The third-order valence-corrected chi connectivity index (χ3v) is 4.21. The van der Waals surface area contributed by atoms with E-state index in [0.29, 0.717) is 6.04 Å². The standard InChI is InChI=1S/C13H22N2S/c1-10(2)14-9-13-15-11-7-5-3-4-6-8-12(11)16-13/h10,14H,3-9H2,1-2H3. The van der Waals surface area contributed by atoms with Gasteiger partial charge >= 0.3 is 0 Å². The first-order valence-electron chi connectivity index (χ1n) is 6.46. The van der Waals surface area contributed by atoms with Crippen molar-refractivity contribution in [3.05, 3.63) is 15.6 Å². The van der Waals surface area contributed by atoms with E-state index in [0.717, 1.165) is 6.54 Å². The molecule has 0 fully saturated rings. The topological polar surface area (TPSA) is 24.9 Å². The summed E-state index contributed by atoms with van der Waals surface area (Å²) in [5, 5.41) is 4.73. The van der Waals surface area contributed by atoms with Crippen molar-refractivity contribution in [3.8, 4) is 0 Å². The fraction of sp³-hybridized carbons (Fsp3) is 0.769. The van der Waals surface area contributed by atoms with Gasteiger partial charge in [0.15, 0.2) is 0 Å². The number of aryl methyl sites for hydroxylation is 2. The summed E-state index contributed by atoms with van der Waals surface area (Å²) in [4.78, 5) is 6.34. The maximum atomic E-state index is 4.78. The van der Waals surface area contributed by atoms with Crippen molar-refractivity contribution in [1.29, 1.82) is 0 Å². The molecule has 2 rings (SSSR count). The third kappa shape index (κ3) is 3.29. The first-order chi connectivity index (χ1) is 7.75. The number of fused-ring (bicyclic) bond motifs is 1. The van der Waals surface area contributed by atoms with Crippen LogP contribution in [0.4, 0.5) is 0 Å². The molecular weight excluding hydrogens is 216 g/mol. The minimum Gasteiger partial charge on any atom is -0.308 e. The molecule has 0 unspecified atom stereocenters. The number of rotatable bonds is 3. The van der Waals surface area contributed by atoms with Crippen molar-refractivity contribution in [3.63, 3.8) is 0 Å². The molecule has 1 aromatic heterocycles. The molecule has 0 saturated heterocycles. The van der Waals surface area contributed by atoms with Crippen LogP contribution in [-0.4, -0.2) is 11.0 Å². The Kier molecular flexibility index (Phi) is 4.36. The van der Waals surface area contributed by atoms with Crippen LogP contribution in [0.25, 0.3) is 0 Å². The highest BCUT2D eigenvalue weighted by Crippen LogP contribution is 2.25. The number of thiazole rings is 1. The second kappa shape index (κ2) is 5.78. The molecule has 90 valence electrons. The van der Waals surface area contributed by atoms with Crippen molar-refractivity contribution in [2.75, 3.05) is 0 Å². The smallest absolute Gasteiger partial charge is 0.107 e. The summed E-state index contributed by atoms with van der Waals surface area (Å²) in [6.45, 7) is 5.31. The zero-order valence-electron chi connectivity index (χ0n) is 10.4. The second-order valence-corrected chi connectivity index (χ2v) is 6.10. The molecule has 16 heavy (non-hydrogen) atoms. The Hall–Kier alpha value is -0.410. The van der Waals surface area contributed by atoms with E-state index in [1.54, 1.807) is 4.88 Å². The molecule has 0 saturated carbocycles. The summed E-state index contributed by atoms with van der Waals surface area (Å²) in [7, 11) is 0. The SMILES string of the molecule is CC(C)NCc1nc2c(s1)CCCCCC2. The summed E-state index contributed by atoms with van der Waals surface area (Å²) >= 11 is 1.93. The van der Waals surface area contributed by atoms with Gasteiger partial charge in [-0.3, -0.25) is 0 Å². The van der Waals surface area contributed by atoms with Gasteiger partial charge in [-0.15, -0.1) is 11.3 Å². The zero-order chi connectivity index (χ0) is 11.4. The van der Waals surface area contributed by atoms with Crippen LogP contribution in [-0.2, 0) is 19.4 Å². The molecule has 1 aliphatic rings. The minimum absolute atomic E-state index is 0.548. The molecule has 2 nitrogen and oxygen atoms in total. The average molecular weight is 238 g/mol. The maximum Gasteiger partial charge on any atom is 0.107 e. The van der Waals surface area contributed by atoms with Gasteiger partial charge in [-0.2, -0.15) is 0 Å². The molecule has 0 bridgehead atoms. The molecule has 1 aromatic rings. The zero-order valence-corrected chi connectivity index (χ0v) is 11.2. The van der Waals surface area contributed by atoms with E-state index >= 15 is 0 Å². The number of hydrogen-bond donors (Lipinski definition) is 1. The highest BCUT2D eigenvalue weighted by molar-refractivity contribution is 7.11. The molecule has 0 aliphatic heterocycles. The van der Waals surface area contributed by atoms with Crippen LogP contribution < -0.4 is 5.32 Å². The van der Waals surface area contributed by atoms with Crippen LogP contribution in [0.1, 0.15) is 55.1 Å². The summed E-state index contributed by atoms with van der Waals surface area (Å²) in [6.07, 6.45) is 7.93. The lowest BCUT2D eigenvalue weighted by Gasteiger charge is -2.06. The molecular formula is C13H22N2S. The highest BCUT2D eigenvalue weighted by Gasteiger charge is 2.12. The molecule has 1 N–H and O–H groups in total. The molecule has 0 spiro atoms. The van der Waals surface area contributed by atoms with E-state index in [9.17, 15) is 0 Å². The first kappa shape index (κ1) is 12.1. The van der Waals surface area contributed by atoms with E-state index in [-0.39, 0.29) is 0 Å². The van der Waals surface area contributed by atoms with Crippen LogP contribution in [0, 0.1) is 0 Å². The molecule has 0 radical (unpaired) electrons. The van der Waals surface area contributed by atoms with Crippen molar-refractivity contribution < 1.29 is 0 Å². The Balaban J connectivity index is 2.02. The van der Waals surface area contributed by atoms with Crippen molar-refractivity contribution >= 4 is 11.3 Å². The summed E-state index contributed by atoms with van der Waals surface area (Å²) in [5.41, 5.74) is 1.39. The van der Waals surface area contributed by atoms with Crippen molar-refractivity contribution in [2.45, 2.75) is 65.0 Å². The molecule has 0 amide bonds. The highest BCUT2D eigenvalue weighted by atomic mass is 32.1. The van der Waals surface area contributed by atoms with E-state index < -0.39 is 0 Å². The van der Waals surface area contributed by atoms with E-state index in [4.69, 9.17) is 4.98 Å².